The minimum absolute atomic E-state index is 0.119. The smallest absolute Gasteiger partial charge is 0.290 e. The standard InChI is InChI=1S/C13H19N5O2/c19-12-11(15-3-4-16-12)18-7-1-2-10(18)13(20)17-8-5-14-6-9-17/h3-4,10,14H,1-2,5-9H2,(H,16,19). The lowest BCUT2D eigenvalue weighted by Crippen LogP contribution is -2.53. The number of carbonyl (C=O) groups excluding carboxylic acids is 1. The third-order valence-electron chi connectivity index (χ3n) is 3.93. The molecule has 0 aromatic carbocycles. The number of hydrogen-bond donors (Lipinski definition) is 2. The van der Waals surface area contributed by atoms with Crippen LogP contribution in [0.3, 0.4) is 0 Å². The number of aromatic nitrogens is 2. The van der Waals surface area contributed by atoms with E-state index in [4.69, 9.17) is 0 Å². The molecule has 20 heavy (non-hydrogen) atoms. The Balaban J connectivity index is 1.80. The fraction of sp³-hybridized carbons (Fsp3) is 0.615. The molecule has 0 aliphatic carbocycles. The maximum absolute atomic E-state index is 12.6. The summed E-state index contributed by atoms with van der Waals surface area (Å²) in [5, 5.41) is 3.24. The van der Waals surface area contributed by atoms with E-state index < -0.39 is 0 Å². The molecule has 108 valence electrons. The molecule has 1 unspecified atom stereocenters. The van der Waals surface area contributed by atoms with E-state index in [9.17, 15) is 9.59 Å². The van der Waals surface area contributed by atoms with E-state index in [1.807, 2.05) is 9.80 Å². The Kier molecular flexibility index (Phi) is 3.68. The lowest BCUT2D eigenvalue weighted by Gasteiger charge is -2.33. The lowest BCUT2D eigenvalue weighted by molar-refractivity contribution is -0.133. The molecule has 1 amide bonds. The second-order valence-corrected chi connectivity index (χ2v) is 5.17. The summed E-state index contributed by atoms with van der Waals surface area (Å²) < 4.78 is 0. The van der Waals surface area contributed by atoms with Crippen molar-refractivity contribution in [2.45, 2.75) is 18.9 Å². The number of nitrogens with zero attached hydrogens (tertiary/aromatic N) is 3. The van der Waals surface area contributed by atoms with Crippen LogP contribution < -0.4 is 15.8 Å². The first kappa shape index (κ1) is 13.1. The molecule has 3 rings (SSSR count). The van der Waals surface area contributed by atoms with E-state index in [-0.39, 0.29) is 17.5 Å². The molecule has 0 radical (unpaired) electrons. The van der Waals surface area contributed by atoms with E-state index in [1.165, 1.54) is 6.20 Å². The van der Waals surface area contributed by atoms with Crippen LogP contribution in [0, 0.1) is 0 Å². The Morgan fingerprint density at radius 1 is 1.30 bits per heavy atom. The summed E-state index contributed by atoms with van der Waals surface area (Å²) in [6.07, 6.45) is 4.77. The van der Waals surface area contributed by atoms with Crippen molar-refractivity contribution in [3.8, 4) is 0 Å². The highest BCUT2D eigenvalue weighted by atomic mass is 16.2. The fourth-order valence-corrected chi connectivity index (χ4v) is 2.92. The number of amides is 1. The minimum atomic E-state index is -0.246. The fourth-order valence-electron chi connectivity index (χ4n) is 2.92. The number of aromatic amines is 1. The van der Waals surface area contributed by atoms with Crippen LogP contribution in [0.1, 0.15) is 12.8 Å². The van der Waals surface area contributed by atoms with Crippen LogP contribution in [0.25, 0.3) is 0 Å². The molecule has 1 atom stereocenters. The summed E-state index contributed by atoms with van der Waals surface area (Å²) in [5.74, 6) is 0.479. The minimum Gasteiger partial charge on any atom is -0.340 e. The zero-order chi connectivity index (χ0) is 13.9. The molecule has 2 saturated heterocycles. The number of rotatable bonds is 2. The molecule has 2 aliphatic rings. The lowest BCUT2D eigenvalue weighted by atomic mass is 10.1. The quantitative estimate of drug-likeness (QED) is 0.737. The van der Waals surface area contributed by atoms with Crippen LogP contribution in [0.4, 0.5) is 5.82 Å². The highest BCUT2D eigenvalue weighted by Gasteiger charge is 2.35. The monoisotopic (exact) mass is 277 g/mol. The predicted octanol–water partition coefficient (Wildman–Crippen LogP) is -0.829. The second kappa shape index (κ2) is 5.62. The molecule has 7 heteroatoms. The van der Waals surface area contributed by atoms with Gasteiger partial charge in [-0.3, -0.25) is 9.59 Å². The molecular formula is C13H19N5O2. The van der Waals surface area contributed by atoms with Crippen LogP contribution in [0.15, 0.2) is 17.2 Å². The molecule has 2 fully saturated rings. The number of anilines is 1. The first-order chi connectivity index (χ1) is 9.77. The summed E-state index contributed by atoms with van der Waals surface area (Å²) in [6.45, 7) is 3.86. The summed E-state index contributed by atoms with van der Waals surface area (Å²) >= 11 is 0. The molecule has 3 heterocycles. The molecule has 2 N–H and O–H groups in total. The van der Waals surface area contributed by atoms with Gasteiger partial charge in [0.2, 0.25) is 5.91 Å². The normalized spacial score (nSPS) is 23.1. The molecule has 0 spiro atoms. The van der Waals surface area contributed by atoms with Crippen LogP contribution in [0.5, 0.6) is 0 Å². The Labute approximate surface area is 117 Å². The highest BCUT2D eigenvalue weighted by molar-refractivity contribution is 5.85. The molecular weight excluding hydrogens is 258 g/mol. The summed E-state index contributed by atoms with van der Waals surface area (Å²) in [6, 6.07) is -0.246. The van der Waals surface area contributed by atoms with Crippen molar-refractivity contribution in [1.82, 2.24) is 20.2 Å². The third kappa shape index (κ3) is 2.40. The number of H-pyrrole nitrogens is 1. The Morgan fingerprint density at radius 3 is 2.85 bits per heavy atom. The van der Waals surface area contributed by atoms with Crippen molar-refractivity contribution in [3.63, 3.8) is 0 Å². The summed E-state index contributed by atoms with van der Waals surface area (Å²) in [4.78, 5) is 35.0. The zero-order valence-electron chi connectivity index (χ0n) is 11.3. The highest BCUT2D eigenvalue weighted by Crippen LogP contribution is 2.22. The van der Waals surface area contributed by atoms with E-state index in [0.717, 1.165) is 39.0 Å². The average Bonchev–Trinajstić information content (AvgIpc) is 2.97. The predicted molar refractivity (Wildman–Crippen MR) is 74.7 cm³/mol. The van der Waals surface area contributed by atoms with Crippen LogP contribution >= 0.6 is 0 Å². The van der Waals surface area contributed by atoms with Crippen LogP contribution in [-0.2, 0) is 4.79 Å². The molecule has 2 aliphatic heterocycles. The van der Waals surface area contributed by atoms with Crippen molar-refractivity contribution in [2.75, 3.05) is 37.6 Å². The number of nitrogens with one attached hydrogen (secondary N) is 2. The van der Waals surface area contributed by atoms with E-state index in [1.54, 1.807) is 6.20 Å². The largest absolute Gasteiger partial charge is 0.340 e. The number of piperazine rings is 1. The third-order valence-corrected chi connectivity index (χ3v) is 3.93. The molecule has 0 saturated carbocycles. The van der Waals surface area contributed by atoms with Gasteiger partial charge in [0.25, 0.3) is 5.56 Å². The molecule has 1 aromatic heterocycles. The van der Waals surface area contributed by atoms with Crippen LogP contribution in [0.2, 0.25) is 0 Å². The van der Waals surface area contributed by atoms with Crippen molar-refractivity contribution < 1.29 is 4.79 Å². The van der Waals surface area contributed by atoms with Gasteiger partial charge in [0, 0.05) is 45.1 Å². The van der Waals surface area contributed by atoms with Gasteiger partial charge in [0.15, 0.2) is 5.82 Å². The van der Waals surface area contributed by atoms with Gasteiger partial charge in [-0.2, -0.15) is 0 Å². The maximum Gasteiger partial charge on any atom is 0.290 e. The van der Waals surface area contributed by atoms with Crippen molar-refractivity contribution in [1.29, 1.82) is 0 Å². The van der Waals surface area contributed by atoms with Gasteiger partial charge in [-0.25, -0.2) is 4.98 Å². The summed E-state index contributed by atoms with van der Waals surface area (Å²) in [7, 11) is 0. The Hall–Kier alpha value is -1.89. The number of carbonyl (C=O) groups is 1. The van der Waals surface area contributed by atoms with E-state index in [0.29, 0.717) is 12.4 Å². The van der Waals surface area contributed by atoms with Crippen molar-refractivity contribution >= 4 is 11.7 Å². The molecule has 7 nitrogen and oxygen atoms in total. The van der Waals surface area contributed by atoms with Gasteiger partial charge < -0.3 is 20.1 Å². The maximum atomic E-state index is 12.6. The van der Waals surface area contributed by atoms with Gasteiger partial charge >= 0.3 is 0 Å². The Bertz CT molecular complexity index is 538. The van der Waals surface area contributed by atoms with Crippen molar-refractivity contribution in [3.05, 3.63) is 22.7 Å². The summed E-state index contributed by atoms with van der Waals surface area (Å²) in [5.41, 5.74) is -0.229. The molecule has 0 bridgehead atoms. The van der Waals surface area contributed by atoms with Gasteiger partial charge in [-0.15, -0.1) is 0 Å². The zero-order valence-corrected chi connectivity index (χ0v) is 11.3. The van der Waals surface area contributed by atoms with E-state index in [2.05, 4.69) is 15.3 Å². The van der Waals surface area contributed by atoms with Crippen molar-refractivity contribution in [2.24, 2.45) is 0 Å². The second-order valence-electron chi connectivity index (χ2n) is 5.17. The van der Waals surface area contributed by atoms with Gasteiger partial charge in [-0.05, 0) is 12.8 Å². The van der Waals surface area contributed by atoms with Gasteiger partial charge in [0.1, 0.15) is 6.04 Å². The topological polar surface area (TPSA) is 81.3 Å². The van der Waals surface area contributed by atoms with Gasteiger partial charge in [0.05, 0.1) is 0 Å². The van der Waals surface area contributed by atoms with E-state index >= 15 is 0 Å². The van der Waals surface area contributed by atoms with Gasteiger partial charge in [-0.1, -0.05) is 0 Å². The SMILES string of the molecule is O=C(C1CCCN1c1ncc[nH]c1=O)N1CCNCC1. The first-order valence-electron chi connectivity index (χ1n) is 7.07. The van der Waals surface area contributed by atoms with Crippen LogP contribution in [-0.4, -0.2) is 59.5 Å². The average molecular weight is 277 g/mol. The first-order valence-corrected chi connectivity index (χ1v) is 7.07. The molecule has 1 aromatic rings. The number of hydrogen-bond acceptors (Lipinski definition) is 5. The Morgan fingerprint density at radius 2 is 2.10 bits per heavy atom.